The Morgan fingerprint density at radius 3 is 2.89 bits per heavy atom. The van der Waals surface area contributed by atoms with Crippen molar-refractivity contribution in [2.75, 3.05) is 24.2 Å². The molecule has 0 aromatic carbocycles. The van der Waals surface area contributed by atoms with Crippen molar-refractivity contribution < 1.29 is 13.4 Å². The monoisotopic (exact) mass is 401 g/mol. The Labute approximate surface area is 132 Å². The zero-order chi connectivity index (χ0) is 14.0. The van der Waals surface area contributed by atoms with Crippen LogP contribution in [0.25, 0.3) is 0 Å². The molecule has 0 spiro atoms. The summed E-state index contributed by atoms with van der Waals surface area (Å²) < 4.78 is 18.9. The maximum atomic E-state index is 6.05. The van der Waals surface area contributed by atoms with Crippen LogP contribution in [-0.2, 0) is 13.4 Å². The highest BCUT2D eigenvalue weighted by Crippen LogP contribution is 2.22. The van der Waals surface area contributed by atoms with Crippen LogP contribution in [0.15, 0.2) is 0 Å². The second-order valence-corrected chi connectivity index (χ2v) is 8.73. The molecule has 114 valence electrons. The van der Waals surface area contributed by atoms with Gasteiger partial charge in [0.05, 0.1) is 0 Å². The third kappa shape index (κ3) is 6.86. The van der Waals surface area contributed by atoms with E-state index in [0.29, 0.717) is 12.5 Å². The highest BCUT2D eigenvalue weighted by molar-refractivity contribution is 14.1. The highest BCUT2D eigenvalue weighted by Gasteiger charge is 2.42. The molecular formula is C13H28INO3Si. The van der Waals surface area contributed by atoms with Gasteiger partial charge in [-0.15, -0.1) is 0 Å². The van der Waals surface area contributed by atoms with E-state index < -0.39 is 8.80 Å². The van der Waals surface area contributed by atoms with Crippen LogP contribution in [0.1, 0.15) is 46.0 Å². The normalized spacial score (nSPS) is 28.9. The fourth-order valence-corrected chi connectivity index (χ4v) is 5.77. The van der Waals surface area contributed by atoms with Crippen molar-refractivity contribution in [2.24, 2.45) is 5.92 Å². The Morgan fingerprint density at radius 2 is 2.21 bits per heavy atom. The molecule has 0 radical (unpaired) electrons. The number of halogens is 1. The van der Waals surface area contributed by atoms with Crippen LogP contribution >= 0.6 is 22.6 Å². The largest absolute Gasteiger partial charge is 0.517 e. The summed E-state index contributed by atoms with van der Waals surface area (Å²) in [6.07, 6.45) is 6.00. The first-order chi connectivity index (χ1) is 9.26. The summed E-state index contributed by atoms with van der Waals surface area (Å²) in [5, 5.41) is 0. The molecule has 0 amide bonds. The number of hydroxylamine groups is 1. The Bertz CT molecular complexity index is 224. The molecule has 1 aliphatic heterocycles. The van der Waals surface area contributed by atoms with Gasteiger partial charge in [-0.25, -0.2) is 5.48 Å². The van der Waals surface area contributed by atoms with E-state index in [1.54, 1.807) is 0 Å². The molecule has 6 heteroatoms. The predicted octanol–water partition coefficient (Wildman–Crippen LogP) is 3.53. The molecule has 2 atom stereocenters. The van der Waals surface area contributed by atoms with Gasteiger partial charge in [-0.2, -0.15) is 0 Å². The molecule has 1 saturated heterocycles. The summed E-state index contributed by atoms with van der Waals surface area (Å²) in [5.41, 5.74) is 3.14. The first kappa shape index (κ1) is 17.8. The van der Waals surface area contributed by atoms with Crippen LogP contribution in [0.5, 0.6) is 0 Å². The van der Waals surface area contributed by atoms with Crippen LogP contribution in [0, 0.1) is 5.92 Å². The van der Waals surface area contributed by atoms with E-state index in [1.807, 2.05) is 6.92 Å². The molecule has 1 aliphatic rings. The van der Waals surface area contributed by atoms with Gasteiger partial charge in [-0.05, 0) is 36.5 Å². The van der Waals surface area contributed by atoms with Crippen LogP contribution in [0.2, 0.25) is 6.04 Å². The van der Waals surface area contributed by atoms with Crippen LogP contribution in [-0.4, -0.2) is 33.0 Å². The van der Waals surface area contributed by atoms with Crippen molar-refractivity contribution in [3.05, 3.63) is 0 Å². The molecule has 0 aromatic heterocycles. The first-order valence-corrected chi connectivity index (χ1v) is 11.0. The average Bonchev–Trinajstić information content (AvgIpc) is 2.39. The topological polar surface area (TPSA) is 39.7 Å². The van der Waals surface area contributed by atoms with E-state index in [0.717, 1.165) is 36.5 Å². The molecule has 1 heterocycles. The Balaban J connectivity index is 2.44. The van der Waals surface area contributed by atoms with Gasteiger partial charge in [0, 0.05) is 25.8 Å². The minimum Gasteiger partial charge on any atom is -0.373 e. The summed E-state index contributed by atoms with van der Waals surface area (Å²) in [6, 6.07) is 0.913. The molecule has 0 saturated carbocycles. The van der Waals surface area contributed by atoms with Crippen LogP contribution < -0.4 is 5.48 Å². The van der Waals surface area contributed by atoms with Crippen molar-refractivity contribution in [1.29, 1.82) is 0 Å². The number of unbranched alkanes of at least 4 members (excludes halogenated alkanes) is 1. The van der Waals surface area contributed by atoms with Crippen LogP contribution in [0.4, 0.5) is 0 Å². The van der Waals surface area contributed by atoms with Gasteiger partial charge in [0.2, 0.25) is 0 Å². The number of rotatable bonds is 8. The van der Waals surface area contributed by atoms with Crippen LogP contribution in [0.3, 0.4) is 0 Å². The predicted molar refractivity (Wildman–Crippen MR) is 88.4 cm³/mol. The Morgan fingerprint density at radius 1 is 1.37 bits per heavy atom. The van der Waals surface area contributed by atoms with Crippen molar-refractivity contribution in [2.45, 2.75) is 52.0 Å². The Hall–Kier alpha value is 0.787. The molecule has 0 aliphatic carbocycles. The van der Waals surface area contributed by atoms with Crippen molar-refractivity contribution in [3.63, 3.8) is 0 Å². The minimum absolute atomic E-state index is 0.661. The van der Waals surface area contributed by atoms with Crippen molar-refractivity contribution in [3.8, 4) is 0 Å². The average molecular weight is 401 g/mol. The fourth-order valence-electron chi connectivity index (χ4n) is 2.29. The first-order valence-electron chi connectivity index (χ1n) is 7.51. The summed E-state index contributed by atoms with van der Waals surface area (Å²) in [6.45, 7) is 6.61. The molecule has 1 fully saturated rings. The number of alkyl halides is 1. The lowest BCUT2D eigenvalue weighted by Crippen LogP contribution is -2.52. The molecule has 1 N–H and O–H groups in total. The molecule has 0 bridgehead atoms. The highest BCUT2D eigenvalue weighted by atomic mass is 127. The molecule has 1 rings (SSSR count). The van der Waals surface area contributed by atoms with E-state index in [2.05, 4.69) is 35.0 Å². The zero-order valence-electron chi connectivity index (χ0n) is 12.3. The number of nitrogens with one attached hydrogen (secondary N) is 1. The standard InChI is InChI=1S/C13H28INO3Si/c1-3-5-7-13-8-10-17-19(16-4-2,11-6-9-14)18-15-12-13/h13,15H,3-12H2,1-2H3. The lowest BCUT2D eigenvalue weighted by atomic mass is 9.99. The lowest BCUT2D eigenvalue weighted by Gasteiger charge is -2.32. The summed E-state index contributed by atoms with van der Waals surface area (Å²) >= 11 is 2.39. The van der Waals surface area contributed by atoms with Gasteiger partial charge in [0.1, 0.15) is 0 Å². The molecule has 4 nitrogen and oxygen atoms in total. The van der Waals surface area contributed by atoms with Gasteiger partial charge >= 0.3 is 8.80 Å². The zero-order valence-corrected chi connectivity index (χ0v) is 15.4. The van der Waals surface area contributed by atoms with E-state index in [-0.39, 0.29) is 0 Å². The smallest absolute Gasteiger partial charge is 0.373 e. The molecule has 19 heavy (non-hydrogen) atoms. The minimum atomic E-state index is -2.46. The van der Waals surface area contributed by atoms with Gasteiger partial charge in [0.25, 0.3) is 0 Å². The quantitative estimate of drug-likeness (QED) is 0.384. The maximum Gasteiger partial charge on any atom is 0.517 e. The fraction of sp³-hybridized carbons (Fsp3) is 1.00. The van der Waals surface area contributed by atoms with Gasteiger partial charge < -0.3 is 8.85 Å². The number of hydrogen-bond acceptors (Lipinski definition) is 4. The van der Waals surface area contributed by atoms with E-state index in [1.165, 1.54) is 19.3 Å². The molecule has 2 unspecified atom stereocenters. The van der Waals surface area contributed by atoms with E-state index >= 15 is 0 Å². The second kappa shape index (κ2) is 10.5. The maximum absolute atomic E-state index is 6.05. The molecular weight excluding hydrogens is 373 g/mol. The number of hydrogen-bond donors (Lipinski definition) is 1. The van der Waals surface area contributed by atoms with Crippen molar-refractivity contribution in [1.82, 2.24) is 5.48 Å². The SMILES string of the molecule is CCCCC1CCO[Si](CCCI)(OCC)ONC1. The second-order valence-electron chi connectivity index (χ2n) is 5.00. The van der Waals surface area contributed by atoms with Gasteiger partial charge in [-0.3, -0.25) is 4.53 Å². The Kier molecular flexibility index (Phi) is 9.86. The summed E-state index contributed by atoms with van der Waals surface area (Å²) in [4.78, 5) is 0. The molecule has 0 aromatic rings. The summed E-state index contributed by atoms with van der Waals surface area (Å²) in [7, 11) is -2.46. The van der Waals surface area contributed by atoms with Crippen molar-refractivity contribution >= 4 is 31.4 Å². The third-order valence-electron chi connectivity index (χ3n) is 3.39. The van der Waals surface area contributed by atoms with Gasteiger partial charge in [0.15, 0.2) is 0 Å². The van der Waals surface area contributed by atoms with E-state index in [9.17, 15) is 0 Å². The lowest BCUT2D eigenvalue weighted by molar-refractivity contribution is -0.00150. The van der Waals surface area contributed by atoms with Gasteiger partial charge in [-0.1, -0.05) is 42.4 Å². The van der Waals surface area contributed by atoms with E-state index in [4.69, 9.17) is 13.4 Å². The summed E-state index contributed by atoms with van der Waals surface area (Å²) in [5.74, 6) is 0.665. The third-order valence-corrected chi connectivity index (χ3v) is 6.95.